The highest BCUT2D eigenvalue weighted by Gasteiger charge is 2.08. The SMILES string of the molecule is Cc1cc(C)c(NCC(C)C)c(C)c1N. The Balaban J connectivity index is 3.02. The summed E-state index contributed by atoms with van der Waals surface area (Å²) >= 11 is 0. The van der Waals surface area contributed by atoms with Gasteiger partial charge in [0.2, 0.25) is 0 Å². The number of benzene rings is 1. The fraction of sp³-hybridized carbons (Fsp3) is 0.538. The van der Waals surface area contributed by atoms with Crippen molar-refractivity contribution in [2.75, 3.05) is 17.6 Å². The van der Waals surface area contributed by atoms with E-state index < -0.39 is 0 Å². The van der Waals surface area contributed by atoms with Gasteiger partial charge in [0.1, 0.15) is 0 Å². The largest absolute Gasteiger partial charge is 0.398 e. The molecule has 0 fully saturated rings. The average Bonchev–Trinajstić information content (AvgIpc) is 2.14. The molecule has 0 saturated heterocycles. The Morgan fingerprint density at radius 2 is 1.80 bits per heavy atom. The molecule has 0 aliphatic rings. The van der Waals surface area contributed by atoms with Crippen molar-refractivity contribution in [3.8, 4) is 0 Å². The van der Waals surface area contributed by atoms with E-state index in [1.54, 1.807) is 0 Å². The van der Waals surface area contributed by atoms with Crippen LogP contribution in [0, 0.1) is 26.7 Å². The first-order chi connectivity index (χ1) is 6.93. The highest BCUT2D eigenvalue weighted by molar-refractivity contribution is 5.69. The van der Waals surface area contributed by atoms with Crippen LogP contribution in [0.25, 0.3) is 0 Å². The molecule has 2 nitrogen and oxygen atoms in total. The molecule has 0 radical (unpaired) electrons. The molecule has 0 aromatic heterocycles. The summed E-state index contributed by atoms with van der Waals surface area (Å²) in [5.41, 5.74) is 11.7. The van der Waals surface area contributed by atoms with Crippen LogP contribution in [0.5, 0.6) is 0 Å². The predicted octanol–water partition coefficient (Wildman–Crippen LogP) is 3.26. The van der Waals surface area contributed by atoms with Crippen LogP contribution in [-0.2, 0) is 0 Å². The number of anilines is 2. The molecule has 1 rings (SSSR count). The van der Waals surface area contributed by atoms with Crippen molar-refractivity contribution in [3.05, 3.63) is 22.8 Å². The first kappa shape index (κ1) is 11.9. The maximum Gasteiger partial charge on any atom is 0.0420 e. The van der Waals surface area contributed by atoms with E-state index in [9.17, 15) is 0 Å². The highest BCUT2D eigenvalue weighted by Crippen LogP contribution is 2.28. The molecule has 0 spiro atoms. The summed E-state index contributed by atoms with van der Waals surface area (Å²) in [6.45, 7) is 11.7. The Morgan fingerprint density at radius 1 is 1.20 bits per heavy atom. The second-order valence-corrected chi connectivity index (χ2v) is 4.70. The fourth-order valence-corrected chi connectivity index (χ4v) is 1.78. The summed E-state index contributed by atoms with van der Waals surface area (Å²) in [5, 5.41) is 3.47. The maximum absolute atomic E-state index is 6.02. The number of nitrogens with two attached hydrogens (primary N) is 1. The molecule has 3 N–H and O–H groups in total. The number of nitrogen functional groups attached to an aromatic ring is 1. The van der Waals surface area contributed by atoms with E-state index in [0.717, 1.165) is 12.2 Å². The van der Waals surface area contributed by atoms with E-state index in [0.29, 0.717) is 5.92 Å². The average molecular weight is 206 g/mol. The van der Waals surface area contributed by atoms with Crippen molar-refractivity contribution < 1.29 is 0 Å². The number of rotatable bonds is 3. The third-order valence-electron chi connectivity index (χ3n) is 2.72. The van der Waals surface area contributed by atoms with Gasteiger partial charge in [-0.1, -0.05) is 19.9 Å². The molecule has 0 bridgehead atoms. The van der Waals surface area contributed by atoms with Crippen LogP contribution in [0.15, 0.2) is 6.07 Å². The van der Waals surface area contributed by atoms with Crippen LogP contribution in [-0.4, -0.2) is 6.54 Å². The first-order valence-corrected chi connectivity index (χ1v) is 5.53. The van der Waals surface area contributed by atoms with Crippen molar-refractivity contribution in [3.63, 3.8) is 0 Å². The second kappa shape index (κ2) is 4.56. The van der Waals surface area contributed by atoms with Gasteiger partial charge in [-0.3, -0.25) is 0 Å². The van der Waals surface area contributed by atoms with E-state index in [2.05, 4.69) is 46.0 Å². The Labute approximate surface area is 92.9 Å². The van der Waals surface area contributed by atoms with Crippen molar-refractivity contribution in [1.29, 1.82) is 0 Å². The third kappa shape index (κ3) is 2.65. The second-order valence-electron chi connectivity index (χ2n) is 4.70. The van der Waals surface area contributed by atoms with Gasteiger partial charge in [0, 0.05) is 17.9 Å². The maximum atomic E-state index is 6.02. The Hall–Kier alpha value is -1.18. The minimum Gasteiger partial charge on any atom is -0.398 e. The van der Waals surface area contributed by atoms with Crippen molar-refractivity contribution in [2.24, 2.45) is 5.92 Å². The Kier molecular flexibility index (Phi) is 3.61. The van der Waals surface area contributed by atoms with Crippen molar-refractivity contribution >= 4 is 11.4 Å². The van der Waals surface area contributed by atoms with Gasteiger partial charge in [0.15, 0.2) is 0 Å². The van der Waals surface area contributed by atoms with Gasteiger partial charge in [-0.2, -0.15) is 0 Å². The number of nitrogens with one attached hydrogen (secondary N) is 1. The van der Waals surface area contributed by atoms with Crippen LogP contribution in [0.2, 0.25) is 0 Å². The number of aryl methyl sites for hydroxylation is 2. The molecule has 84 valence electrons. The molecular weight excluding hydrogens is 184 g/mol. The lowest BCUT2D eigenvalue weighted by molar-refractivity contribution is 0.688. The van der Waals surface area contributed by atoms with Gasteiger partial charge in [0.05, 0.1) is 0 Å². The quantitative estimate of drug-likeness (QED) is 0.745. The van der Waals surface area contributed by atoms with Crippen LogP contribution in [0.3, 0.4) is 0 Å². The topological polar surface area (TPSA) is 38.0 Å². The lowest BCUT2D eigenvalue weighted by Gasteiger charge is -2.17. The van der Waals surface area contributed by atoms with Crippen LogP contribution < -0.4 is 11.1 Å². The summed E-state index contributed by atoms with van der Waals surface area (Å²) in [5.74, 6) is 0.645. The van der Waals surface area contributed by atoms with Crippen molar-refractivity contribution in [1.82, 2.24) is 0 Å². The zero-order valence-corrected chi connectivity index (χ0v) is 10.4. The van der Waals surface area contributed by atoms with Crippen molar-refractivity contribution in [2.45, 2.75) is 34.6 Å². The zero-order chi connectivity index (χ0) is 11.6. The molecule has 0 atom stereocenters. The third-order valence-corrected chi connectivity index (χ3v) is 2.72. The van der Waals surface area contributed by atoms with Crippen LogP contribution >= 0.6 is 0 Å². The monoisotopic (exact) mass is 206 g/mol. The normalized spacial score (nSPS) is 10.8. The van der Waals surface area contributed by atoms with E-state index in [4.69, 9.17) is 5.73 Å². The van der Waals surface area contributed by atoms with E-state index in [1.807, 2.05) is 0 Å². The molecule has 0 aliphatic carbocycles. The summed E-state index contributed by atoms with van der Waals surface area (Å²) in [6.07, 6.45) is 0. The molecular formula is C13H22N2. The van der Waals surface area contributed by atoms with Gasteiger partial charge in [-0.15, -0.1) is 0 Å². The van der Waals surface area contributed by atoms with Gasteiger partial charge in [-0.25, -0.2) is 0 Å². The summed E-state index contributed by atoms with van der Waals surface area (Å²) in [6, 6.07) is 2.14. The fourth-order valence-electron chi connectivity index (χ4n) is 1.78. The van der Waals surface area contributed by atoms with E-state index in [1.165, 1.54) is 22.4 Å². The Bertz CT molecular complexity index is 354. The molecule has 2 heteroatoms. The first-order valence-electron chi connectivity index (χ1n) is 5.53. The van der Waals surface area contributed by atoms with Crippen LogP contribution in [0.1, 0.15) is 30.5 Å². The number of hydrogen-bond acceptors (Lipinski definition) is 2. The molecule has 1 aromatic carbocycles. The van der Waals surface area contributed by atoms with Gasteiger partial charge in [-0.05, 0) is 43.4 Å². The van der Waals surface area contributed by atoms with Crippen LogP contribution in [0.4, 0.5) is 11.4 Å². The lowest BCUT2D eigenvalue weighted by Crippen LogP contribution is -2.11. The smallest absolute Gasteiger partial charge is 0.0420 e. The number of hydrogen-bond donors (Lipinski definition) is 2. The van der Waals surface area contributed by atoms with Gasteiger partial charge < -0.3 is 11.1 Å². The zero-order valence-electron chi connectivity index (χ0n) is 10.4. The molecule has 1 aromatic rings. The summed E-state index contributed by atoms with van der Waals surface area (Å²) in [4.78, 5) is 0. The summed E-state index contributed by atoms with van der Waals surface area (Å²) in [7, 11) is 0. The molecule has 0 aliphatic heterocycles. The highest BCUT2D eigenvalue weighted by atomic mass is 14.9. The lowest BCUT2D eigenvalue weighted by atomic mass is 10.0. The molecule has 0 heterocycles. The minimum absolute atomic E-state index is 0.645. The Morgan fingerprint density at radius 3 is 2.33 bits per heavy atom. The van der Waals surface area contributed by atoms with Gasteiger partial charge >= 0.3 is 0 Å². The standard InChI is InChI=1S/C13H22N2/c1-8(2)7-15-13-10(4)6-9(3)12(14)11(13)5/h6,8,15H,7,14H2,1-5H3. The minimum atomic E-state index is 0.645. The molecule has 0 unspecified atom stereocenters. The molecule has 0 amide bonds. The summed E-state index contributed by atoms with van der Waals surface area (Å²) < 4.78 is 0. The molecule has 0 saturated carbocycles. The molecule has 15 heavy (non-hydrogen) atoms. The van der Waals surface area contributed by atoms with E-state index >= 15 is 0 Å². The van der Waals surface area contributed by atoms with Gasteiger partial charge in [0.25, 0.3) is 0 Å². The van der Waals surface area contributed by atoms with E-state index in [-0.39, 0.29) is 0 Å². The predicted molar refractivity (Wildman–Crippen MR) is 68.4 cm³/mol.